The van der Waals surface area contributed by atoms with Gasteiger partial charge in [-0.2, -0.15) is 4.31 Å². The maximum atomic E-state index is 13.0. The maximum absolute atomic E-state index is 13.0. The van der Waals surface area contributed by atoms with Gasteiger partial charge in [0.15, 0.2) is 6.61 Å². The monoisotopic (exact) mass is 466 g/mol. The van der Waals surface area contributed by atoms with Crippen molar-refractivity contribution >= 4 is 28.0 Å². The van der Waals surface area contributed by atoms with Gasteiger partial charge in [0.1, 0.15) is 10.6 Å². The largest absolute Gasteiger partial charge is 0.495 e. The molecule has 10 heteroatoms. The van der Waals surface area contributed by atoms with E-state index in [2.05, 4.69) is 5.32 Å². The van der Waals surface area contributed by atoms with Crippen LogP contribution in [0.3, 0.4) is 0 Å². The lowest BCUT2D eigenvalue weighted by atomic mass is 9.95. The minimum atomic E-state index is -3.78. The quantitative estimate of drug-likeness (QED) is 0.459. The number of methoxy groups -OCH3 is 1. The Kier molecular flexibility index (Phi) is 8.66. The number of esters is 1. The maximum Gasteiger partial charge on any atom is 0.331 e. The molecule has 1 N–H and O–H groups in total. The molecule has 1 saturated carbocycles. The molecule has 0 bridgehead atoms. The molecule has 1 saturated heterocycles. The molecule has 0 radical (unpaired) electrons. The molecule has 1 amide bonds. The van der Waals surface area contributed by atoms with Crippen LogP contribution in [0.2, 0.25) is 0 Å². The van der Waals surface area contributed by atoms with Crippen LogP contribution in [0.5, 0.6) is 5.75 Å². The van der Waals surface area contributed by atoms with E-state index in [9.17, 15) is 18.0 Å². The van der Waals surface area contributed by atoms with E-state index in [0.717, 1.165) is 25.7 Å². The zero-order valence-corrected chi connectivity index (χ0v) is 19.1. The molecule has 3 rings (SSSR count). The summed E-state index contributed by atoms with van der Waals surface area (Å²) in [5, 5.41) is 2.88. The standard InChI is InChI=1S/C22H30N2O7S/c1-29-19-9-7-17(15-20(19)32(27,28)24-11-13-30-14-12-24)8-10-22(26)31-16-21(25)23-18-5-3-2-4-6-18/h7-10,15,18H,2-6,11-14,16H2,1H3,(H,23,25)/b10-8+. The number of hydrogen-bond donors (Lipinski definition) is 1. The number of carbonyl (C=O) groups excluding carboxylic acids is 2. The third-order valence-corrected chi connectivity index (χ3v) is 7.42. The lowest BCUT2D eigenvalue weighted by Gasteiger charge is -2.26. The fourth-order valence-corrected chi connectivity index (χ4v) is 5.39. The first-order valence-corrected chi connectivity index (χ1v) is 12.2. The van der Waals surface area contributed by atoms with Crippen molar-refractivity contribution in [3.8, 4) is 5.75 Å². The average molecular weight is 467 g/mol. The highest BCUT2D eigenvalue weighted by Gasteiger charge is 2.29. The summed E-state index contributed by atoms with van der Waals surface area (Å²) in [6, 6.07) is 4.77. The predicted octanol–water partition coefficient (Wildman–Crippen LogP) is 1.72. The zero-order valence-electron chi connectivity index (χ0n) is 18.2. The van der Waals surface area contributed by atoms with E-state index in [1.807, 2.05) is 0 Å². The van der Waals surface area contributed by atoms with Gasteiger partial charge in [0.05, 0.1) is 20.3 Å². The summed E-state index contributed by atoms with van der Waals surface area (Å²) < 4.78 is 42.9. The third kappa shape index (κ3) is 6.54. The average Bonchev–Trinajstić information content (AvgIpc) is 2.82. The van der Waals surface area contributed by atoms with E-state index in [1.54, 1.807) is 6.07 Å². The number of rotatable bonds is 8. The van der Waals surface area contributed by atoms with Gasteiger partial charge in [-0.25, -0.2) is 13.2 Å². The van der Waals surface area contributed by atoms with Gasteiger partial charge in [0, 0.05) is 25.2 Å². The van der Waals surface area contributed by atoms with Crippen LogP contribution in [0.15, 0.2) is 29.2 Å². The Hall–Kier alpha value is -2.43. The van der Waals surface area contributed by atoms with Crippen molar-refractivity contribution in [3.63, 3.8) is 0 Å². The number of benzene rings is 1. The normalized spacial score (nSPS) is 18.4. The molecule has 1 heterocycles. The first kappa shape index (κ1) is 24.2. The van der Waals surface area contributed by atoms with E-state index < -0.39 is 16.0 Å². The lowest BCUT2D eigenvalue weighted by molar-refractivity contribution is -0.144. The van der Waals surface area contributed by atoms with Gasteiger partial charge >= 0.3 is 5.97 Å². The van der Waals surface area contributed by atoms with Gasteiger partial charge < -0.3 is 19.5 Å². The van der Waals surface area contributed by atoms with Gasteiger partial charge in [0.2, 0.25) is 10.0 Å². The Morgan fingerprint density at radius 3 is 2.59 bits per heavy atom. The van der Waals surface area contributed by atoms with Crippen LogP contribution >= 0.6 is 0 Å². The molecular formula is C22H30N2O7S. The fourth-order valence-electron chi connectivity index (χ4n) is 3.79. The topological polar surface area (TPSA) is 111 Å². The Balaban J connectivity index is 1.60. The molecule has 32 heavy (non-hydrogen) atoms. The predicted molar refractivity (Wildman–Crippen MR) is 118 cm³/mol. The second-order valence-corrected chi connectivity index (χ2v) is 9.68. The molecule has 0 unspecified atom stereocenters. The number of hydrogen-bond acceptors (Lipinski definition) is 7. The van der Waals surface area contributed by atoms with Gasteiger partial charge in [-0.05, 0) is 36.6 Å². The summed E-state index contributed by atoms with van der Waals surface area (Å²) in [5.41, 5.74) is 0.487. The molecule has 9 nitrogen and oxygen atoms in total. The molecule has 0 spiro atoms. The first-order valence-electron chi connectivity index (χ1n) is 10.8. The summed E-state index contributed by atoms with van der Waals surface area (Å²) in [7, 11) is -2.37. The van der Waals surface area contributed by atoms with Crippen molar-refractivity contribution in [3.05, 3.63) is 29.8 Å². The molecule has 2 fully saturated rings. The van der Waals surface area contributed by atoms with E-state index in [1.165, 1.54) is 42.1 Å². The molecule has 1 aliphatic carbocycles. The minimum absolute atomic E-state index is 0.0178. The van der Waals surface area contributed by atoms with E-state index in [4.69, 9.17) is 14.2 Å². The van der Waals surface area contributed by atoms with Crippen LogP contribution in [0, 0.1) is 0 Å². The van der Waals surface area contributed by atoms with Crippen LogP contribution in [0.4, 0.5) is 0 Å². The second-order valence-electron chi connectivity index (χ2n) is 7.77. The van der Waals surface area contributed by atoms with Gasteiger partial charge in [-0.3, -0.25) is 4.79 Å². The summed E-state index contributed by atoms with van der Waals surface area (Å²) in [5.74, 6) is -0.783. The molecule has 2 aliphatic rings. The Morgan fingerprint density at radius 2 is 1.91 bits per heavy atom. The summed E-state index contributed by atoms with van der Waals surface area (Å²) >= 11 is 0. The van der Waals surface area contributed by atoms with Crippen LogP contribution in [0.1, 0.15) is 37.7 Å². The van der Waals surface area contributed by atoms with Crippen molar-refractivity contribution in [1.82, 2.24) is 9.62 Å². The van der Waals surface area contributed by atoms with Crippen LogP contribution in [-0.4, -0.2) is 70.7 Å². The molecule has 1 aromatic carbocycles. The van der Waals surface area contributed by atoms with E-state index in [0.29, 0.717) is 18.8 Å². The van der Waals surface area contributed by atoms with Crippen LogP contribution < -0.4 is 10.1 Å². The van der Waals surface area contributed by atoms with Gasteiger partial charge in [-0.1, -0.05) is 25.3 Å². The number of nitrogens with one attached hydrogen (secondary N) is 1. The number of nitrogens with zero attached hydrogens (tertiary/aromatic N) is 1. The molecule has 0 atom stereocenters. The van der Waals surface area contributed by atoms with Crippen LogP contribution in [0.25, 0.3) is 6.08 Å². The Morgan fingerprint density at radius 1 is 1.19 bits per heavy atom. The highest BCUT2D eigenvalue weighted by Crippen LogP contribution is 2.29. The SMILES string of the molecule is COc1ccc(/C=C/C(=O)OCC(=O)NC2CCCCC2)cc1S(=O)(=O)N1CCOCC1. The number of ether oxygens (including phenoxy) is 3. The van der Waals surface area contributed by atoms with Crippen molar-refractivity contribution in [2.75, 3.05) is 40.0 Å². The van der Waals surface area contributed by atoms with Crippen molar-refractivity contribution in [1.29, 1.82) is 0 Å². The number of sulfonamides is 1. The number of carbonyl (C=O) groups is 2. The summed E-state index contributed by atoms with van der Waals surface area (Å²) in [6.45, 7) is 0.850. The van der Waals surface area contributed by atoms with Gasteiger partial charge in [0.25, 0.3) is 5.91 Å². The van der Waals surface area contributed by atoms with Crippen molar-refractivity contribution in [2.45, 2.75) is 43.0 Å². The fraction of sp³-hybridized carbons (Fsp3) is 0.545. The Labute approximate surface area is 188 Å². The molecule has 176 valence electrons. The highest BCUT2D eigenvalue weighted by molar-refractivity contribution is 7.89. The second kappa shape index (κ2) is 11.4. The highest BCUT2D eigenvalue weighted by atomic mass is 32.2. The molecule has 1 aromatic rings. The molecular weight excluding hydrogens is 436 g/mol. The Bertz CT molecular complexity index is 934. The van der Waals surface area contributed by atoms with E-state index in [-0.39, 0.29) is 42.3 Å². The zero-order chi connectivity index (χ0) is 23.0. The summed E-state index contributed by atoms with van der Waals surface area (Å²) in [6.07, 6.45) is 7.89. The number of amides is 1. The van der Waals surface area contributed by atoms with Crippen LogP contribution in [-0.2, 0) is 29.1 Å². The van der Waals surface area contributed by atoms with Gasteiger partial charge in [-0.15, -0.1) is 0 Å². The van der Waals surface area contributed by atoms with Crippen molar-refractivity contribution < 1.29 is 32.2 Å². The molecule has 0 aromatic heterocycles. The molecule has 1 aliphatic heterocycles. The third-order valence-electron chi connectivity index (χ3n) is 5.50. The van der Waals surface area contributed by atoms with E-state index >= 15 is 0 Å². The lowest BCUT2D eigenvalue weighted by Crippen LogP contribution is -2.40. The minimum Gasteiger partial charge on any atom is -0.495 e. The summed E-state index contributed by atoms with van der Waals surface area (Å²) in [4.78, 5) is 24.0. The first-order chi connectivity index (χ1) is 15.4. The smallest absolute Gasteiger partial charge is 0.331 e. The van der Waals surface area contributed by atoms with Crippen molar-refractivity contribution in [2.24, 2.45) is 0 Å². The number of morpholine rings is 1.